The second-order valence-corrected chi connectivity index (χ2v) is 4.65. The summed E-state index contributed by atoms with van der Waals surface area (Å²) in [6, 6.07) is 1.54. The third-order valence-electron chi connectivity index (χ3n) is 3.08. The van der Waals surface area contributed by atoms with Gasteiger partial charge in [0.1, 0.15) is 0 Å². The van der Waals surface area contributed by atoms with Crippen LogP contribution in [0.3, 0.4) is 0 Å². The van der Waals surface area contributed by atoms with Gasteiger partial charge in [-0.2, -0.15) is 0 Å². The topological polar surface area (TPSA) is 37.8 Å². The van der Waals surface area contributed by atoms with Gasteiger partial charge in [0, 0.05) is 18.8 Å². The quantitative estimate of drug-likeness (QED) is 0.784. The first-order valence-electron chi connectivity index (χ1n) is 5.55. The van der Waals surface area contributed by atoms with Gasteiger partial charge < -0.3 is 4.57 Å². The molecule has 1 N–H and O–H groups in total. The Labute approximate surface area is 94.1 Å². The number of rotatable bonds is 2. The number of H-pyrrole nitrogens is 1. The molecule has 0 radical (unpaired) electrons. The van der Waals surface area contributed by atoms with E-state index in [-0.39, 0.29) is 5.56 Å². The van der Waals surface area contributed by atoms with Gasteiger partial charge in [0.25, 0.3) is 5.56 Å². The van der Waals surface area contributed by atoms with E-state index in [1.54, 1.807) is 12.3 Å². The van der Waals surface area contributed by atoms with Crippen LogP contribution in [0, 0.1) is 10.7 Å². The van der Waals surface area contributed by atoms with E-state index < -0.39 is 0 Å². The summed E-state index contributed by atoms with van der Waals surface area (Å²) in [6.07, 6.45) is 8.42. The summed E-state index contributed by atoms with van der Waals surface area (Å²) in [5.41, 5.74) is -0.111. The summed E-state index contributed by atoms with van der Waals surface area (Å²) in [4.78, 5) is 13.6. The molecule has 0 bridgehead atoms. The lowest BCUT2D eigenvalue weighted by Gasteiger charge is -2.22. The molecule has 1 aliphatic carbocycles. The van der Waals surface area contributed by atoms with Gasteiger partial charge in [-0.1, -0.05) is 19.3 Å². The Bertz CT molecular complexity index is 429. The monoisotopic (exact) mass is 224 g/mol. The minimum Gasteiger partial charge on any atom is -0.325 e. The molecular formula is C11H16N2OS. The fraction of sp³-hybridized carbons (Fsp3) is 0.636. The van der Waals surface area contributed by atoms with E-state index in [4.69, 9.17) is 12.2 Å². The summed E-state index contributed by atoms with van der Waals surface area (Å²) in [5.74, 6) is 0.733. The zero-order valence-electron chi connectivity index (χ0n) is 8.74. The summed E-state index contributed by atoms with van der Waals surface area (Å²) < 4.78 is 2.53. The predicted molar refractivity (Wildman–Crippen MR) is 62.5 cm³/mol. The first kappa shape index (κ1) is 10.6. The first-order valence-corrected chi connectivity index (χ1v) is 5.96. The van der Waals surface area contributed by atoms with Gasteiger partial charge in [0.15, 0.2) is 4.77 Å². The fourth-order valence-electron chi connectivity index (χ4n) is 2.24. The molecule has 0 saturated heterocycles. The maximum absolute atomic E-state index is 11.0. The van der Waals surface area contributed by atoms with Crippen molar-refractivity contribution in [1.82, 2.24) is 9.55 Å². The molecular weight excluding hydrogens is 208 g/mol. The van der Waals surface area contributed by atoms with Crippen molar-refractivity contribution in [2.45, 2.75) is 38.6 Å². The lowest BCUT2D eigenvalue weighted by molar-refractivity contribution is 0.316. The Morgan fingerprint density at radius 3 is 2.80 bits per heavy atom. The number of hydrogen-bond acceptors (Lipinski definition) is 2. The maximum atomic E-state index is 11.0. The zero-order chi connectivity index (χ0) is 10.7. The molecule has 1 heterocycles. The van der Waals surface area contributed by atoms with Gasteiger partial charge in [0.2, 0.25) is 0 Å². The van der Waals surface area contributed by atoms with E-state index in [0.717, 1.165) is 12.5 Å². The van der Waals surface area contributed by atoms with Crippen LogP contribution in [0.5, 0.6) is 0 Å². The third kappa shape index (κ3) is 2.78. The van der Waals surface area contributed by atoms with Crippen LogP contribution in [-0.2, 0) is 6.54 Å². The van der Waals surface area contributed by atoms with Crippen molar-refractivity contribution in [3.8, 4) is 0 Å². The molecule has 82 valence electrons. The predicted octanol–water partition coefficient (Wildman–Crippen LogP) is 2.49. The normalized spacial score (nSPS) is 17.9. The van der Waals surface area contributed by atoms with Gasteiger partial charge in [-0.15, -0.1) is 0 Å². The van der Waals surface area contributed by atoms with Crippen molar-refractivity contribution in [2.24, 2.45) is 5.92 Å². The Morgan fingerprint density at radius 1 is 1.40 bits per heavy atom. The highest BCUT2D eigenvalue weighted by atomic mass is 32.1. The highest BCUT2D eigenvalue weighted by molar-refractivity contribution is 7.71. The average Bonchev–Trinajstić information content (AvgIpc) is 2.24. The van der Waals surface area contributed by atoms with Crippen LogP contribution in [-0.4, -0.2) is 9.55 Å². The van der Waals surface area contributed by atoms with E-state index in [9.17, 15) is 4.79 Å². The highest BCUT2D eigenvalue weighted by Crippen LogP contribution is 2.24. The lowest BCUT2D eigenvalue weighted by atomic mass is 9.89. The molecule has 1 aromatic rings. The summed E-state index contributed by atoms with van der Waals surface area (Å²) in [5, 5.41) is 0. The average molecular weight is 224 g/mol. The molecule has 0 atom stereocenters. The van der Waals surface area contributed by atoms with E-state index in [1.165, 1.54) is 32.1 Å². The second kappa shape index (κ2) is 4.75. The maximum Gasteiger partial charge on any atom is 0.251 e. The number of nitrogens with zero attached hydrogens (tertiary/aromatic N) is 1. The third-order valence-corrected chi connectivity index (χ3v) is 3.41. The first-order chi connectivity index (χ1) is 7.25. The number of aromatic nitrogens is 2. The van der Waals surface area contributed by atoms with Crippen molar-refractivity contribution in [1.29, 1.82) is 0 Å². The van der Waals surface area contributed by atoms with Gasteiger partial charge in [0.05, 0.1) is 0 Å². The summed E-state index contributed by atoms with van der Waals surface area (Å²) in [7, 11) is 0. The minimum absolute atomic E-state index is 0.111. The van der Waals surface area contributed by atoms with Gasteiger partial charge in [-0.3, -0.25) is 9.78 Å². The molecule has 1 fully saturated rings. The molecule has 1 aromatic heterocycles. The van der Waals surface area contributed by atoms with Crippen molar-refractivity contribution in [3.05, 3.63) is 27.4 Å². The second-order valence-electron chi connectivity index (χ2n) is 4.27. The SMILES string of the molecule is O=c1ccn(CC2CCCCC2)c(=S)[nH]1. The van der Waals surface area contributed by atoms with Crippen LogP contribution >= 0.6 is 12.2 Å². The van der Waals surface area contributed by atoms with Crippen LogP contribution < -0.4 is 5.56 Å². The fourth-order valence-corrected chi connectivity index (χ4v) is 2.47. The standard InChI is InChI=1S/C11H16N2OS/c14-10-6-7-13(11(15)12-10)8-9-4-2-1-3-5-9/h6-7,9H,1-5,8H2,(H,12,14,15). The highest BCUT2D eigenvalue weighted by Gasteiger charge is 2.13. The van der Waals surface area contributed by atoms with E-state index >= 15 is 0 Å². The van der Waals surface area contributed by atoms with E-state index in [0.29, 0.717) is 4.77 Å². The van der Waals surface area contributed by atoms with E-state index in [1.807, 2.05) is 4.57 Å². The number of hydrogen-bond donors (Lipinski definition) is 1. The van der Waals surface area contributed by atoms with Crippen LogP contribution in [0.25, 0.3) is 0 Å². The molecule has 4 heteroatoms. The summed E-state index contributed by atoms with van der Waals surface area (Å²) >= 11 is 5.12. The van der Waals surface area contributed by atoms with Crippen LogP contribution in [0.15, 0.2) is 17.1 Å². The van der Waals surface area contributed by atoms with E-state index in [2.05, 4.69) is 4.98 Å². The van der Waals surface area contributed by atoms with Gasteiger partial charge in [-0.05, 0) is 31.0 Å². The molecule has 0 aromatic carbocycles. The summed E-state index contributed by atoms with van der Waals surface area (Å²) in [6.45, 7) is 0.954. The Morgan fingerprint density at radius 2 is 2.13 bits per heavy atom. The molecule has 0 aliphatic heterocycles. The van der Waals surface area contributed by atoms with Crippen molar-refractivity contribution in [3.63, 3.8) is 0 Å². The van der Waals surface area contributed by atoms with Crippen LogP contribution in [0.4, 0.5) is 0 Å². The Hall–Kier alpha value is -0.900. The Balaban J connectivity index is 2.09. The number of aromatic amines is 1. The minimum atomic E-state index is -0.111. The van der Waals surface area contributed by atoms with Crippen molar-refractivity contribution >= 4 is 12.2 Å². The number of nitrogens with one attached hydrogen (secondary N) is 1. The van der Waals surface area contributed by atoms with Gasteiger partial charge >= 0.3 is 0 Å². The van der Waals surface area contributed by atoms with Crippen LogP contribution in [0.2, 0.25) is 0 Å². The molecule has 1 saturated carbocycles. The van der Waals surface area contributed by atoms with Gasteiger partial charge in [-0.25, -0.2) is 0 Å². The van der Waals surface area contributed by atoms with Crippen molar-refractivity contribution in [2.75, 3.05) is 0 Å². The molecule has 3 nitrogen and oxygen atoms in total. The van der Waals surface area contributed by atoms with Crippen LogP contribution in [0.1, 0.15) is 32.1 Å². The molecule has 2 rings (SSSR count). The smallest absolute Gasteiger partial charge is 0.251 e. The van der Waals surface area contributed by atoms with Crippen molar-refractivity contribution < 1.29 is 0 Å². The lowest BCUT2D eigenvalue weighted by Crippen LogP contribution is -2.18. The molecule has 15 heavy (non-hydrogen) atoms. The molecule has 0 amide bonds. The molecule has 0 spiro atoms. The zero-order valence-corrected chi connectivity index (χ0v) is 9.55. The largest absolute Gasteiger partial charge is 0.325 e. The molecule has 1 aliphatic rings. The molecule has 0 unspecified atom stereocenters. The Kier molecular flexibility index (Phi) is 3.36.